The van der Waals surface area contributed by atoms with Crippen molar-refractivity contribution in [3.8, 4) is 0 Å². The highest BCUT2D eigenvalue weighted by Crippen LogP contribution is 2.27. The highest BCUT2D eigenvalue weighted by atomic mass is 35.5. The van der Waals surface area contributed by atoms with Crippen LogP contribution in [-0.4, -0.2) is 18.5 Å². The van der Waals surface area contributed by atoms with E-state index in [0.717, 1.165) is 11.1 Å². The lowest BCUT2D eigenvalue weighted by Gasteiger charge is -2.23. The molecule has 0 heterocycles. The molecule has 94 valence electrons. The summed E-state index contributed by atoms with van der Waals surface area (Å²) in [6.45, 7) is 7.54. The molecule has 1 amide bonds. The lowest BCUT2D eigenvalue weighted by atomic mass is 10.0. The fourth-order valence-electron chi connectivity index (χ4n) is 1.46. The number of carbonyl (C=O) groups is 1. The van der Waals surface area contributed by atoms with Crippen LogP contribution < -0.4 is 10.6 Å². The molecule has 2 N–H and O–H groups in total. The van der Waals surface area contributed by atoms with E-state index >= 15 is 0 Å². The standard InChI is InChI=1S/C13H19ClN2O/c1-8-6-9(2)11(10(14)7-8)16-12(17)13(3,4)15-5/h6-7,15H,1-5H3,(H,16,17). The van der Waals surface area contributed by atoms with Crippen molar-refractivity contribution in [3.05, 3.63) is 28.3 Å². The number of anilines is 1. The van der Waals surface area contributed by atoms with Crippen molar-refractivity contribution < 1.29 is 4.79 Å². The fourth-order valence-corrected chi connectivity index (χ4v) is 1.83. The van der Waals surface area contributed by atoms with Gasteiger partial charge in [0.05, 0.1) is 16.2 Å². The van der Waals surface area contributed by atoms with E-state index in [1.54, 1.807) is 7.05 Å². The Labute approximate surface area is 108 Å². The van der Waals surface area contributed by atoms with Crippen LogP contribution in [0, 0.1) is 13.8 Å². The molecule has 0 aliphatic carbocycles. The molecule has 1 aromatic rings. The fraction of sp³-hybridized carbons (Fsp3) is 0.462. The van der Waals surface area contributed by atoms with E-state index in [9.17, 15) is 4.79 Å². The van der Waals surface area contributed by atoms with Crippen molar-refractivity contribution in [3.63, 3.8) is 0 Å². The number of rotatable bonds is 3. The predicted octanol–water partition coefficient (Wildman–Crippen LogP) is 2.89. The van der Waals surface area contributed by atoms with Crippen LogP contribution in [-0.2, 0) is 4.79 Å². The maximum Gasteiger partial charge on any atom is 0.244 e. The third kappa shape index (κ3) is 3.20. The van der Waals surface area contributed by atoms with Crippen LogP contribution in [0.5, 0.6) is 0 Å². The monoisotopic (exact) mass is 254 g/mol. The summed E-state index contributed by atoms with van der Waals surface area (Å²) in [6, 6.07) is 3.84. The molecule has 0 unspecified atom stereocenters. The second-order valence-electron chi connectivity index (χ2n) is 4.77. The van der Waals surface area contributed by atoms with E-state index in [-0.39, 0.29) is 5.91 Å². The molecule has 3 nitrogen and oxygen atoms in total. The molecule has 0 spiro atoms. The van der Waals surface area contributed by atoms with E-state index in [4.69, 9.17) is 11.6 Å². The summed E-state index contributed by atoms with van der Waals surface area (Å²) in [5.74, 6) is -0.103. The van der Waals surface area contributed by atoms with Crippen molar-refractivity contribution >= 4 is 23.2 Å². The number of halogens is 1. The second-order valence-corrected chi connectivity index (χ2v) is 5.17. The minimum absolute atomic E-state index is 0.103. The SMILES string of the molecule is CNC(C)(C)C(=O)Nc1c(C)cc(C)cc1Cl. The van der Waals surface area contributed by atoms with Crippen LogP contribution in [0.15, 0.2) is 12.1 Å². The van der Waals surface area contributed by atoms with Crippen molar-refractivity contribution in [1.29, 1.82) is 0 Å². The number of likely N-dealkylation sites (N-methyl/N-ethyl adjacent to an activating group) is 1. The summed E-state index contributed by atoms with van der Waals surface area (Å²) in [5.41, 5.74) is 2.11. The lowest BCUT2D eigenvalue weighted by Crippen LogP contribution is -2.48. The molecule has 0 fully saturated rings. The first-order valence-electron chi connectivity index (χ1n) is 5.55. The minimum Gasteiger partial charge on any atom is -0.323 e. The first-order chi connectivity index (χ1) is 7.77. The van der Waals surface area contributed by atoms with E-state index in [1.807, 2.05) is 39.8 Å². The average molecular weight is 255 g/mol. The number of carbonyl (C=O) groups excluding carboxylic acids is 1. The van der Waals surface area contributed by atoms with Gasteiger partial charge in [0, 0.05) is 0 Å². The number of hydrogen-bond donors (Lipinski definition) is 2. The summed E-state index contributed by atoms with van der Waals surface area (Å²) in [5, 5.41) is 6.39. The zero-order valence-electron chi connectivity index (χ0n) is 10.9. The largest absolute Gasteiger partial charge is 0.323 e. The second kappa shape index (κ2) is 5.07. The molecule has 0 aliphatic heterocycles. The normalized spacial score (nSPS) is 11.4. The third-order valence-corrected chi connectivity index (χ3v) is 3.16. The van der Waals surface area contributed by atoms with Gasteiger partial charge in [0.15, 0.2) is 0 Å². The van der Waals surface area contributed by atoms with Gasteiger partial charge in [0.2, 0.25) is 5.91 Å². The van der Waals surface area contributed by atoms with Gasteiger partial charge in [-0.2, -0.15) is 0 Å². The van der Waals surface area contributed by atoms with E-state index in [2.05, 4.69) is 10.6 Å². The lowest BCUT2D eigenvalue weighted by molar-refractivity contribution is -0.121. The van der Waals surface area contributed by atoms with Crippen LogP contribution in [0.25, 0.3) is 0 Å². The zero-order valence-corrected chi connectivity index (χ0v) is 11.7. The molecule has 0 bridgehead atoms. The molecular weight excluding hydrogens is 236 g/mol. The highest BCUT2D eigenvalue weighted by molar-refractivity contribution is 6.34. The Hall–Kier alpha value is -1.06. The summed E-state index contributed by atoms with van der Waals surface area (Å²) in [7, 11) is 1.75. The number of nitrogens with one attached hydrogen (secondary N) is 2. The third-order valence-electron chi connectivity index (χ3n) is 2.86. The van der Waals surface area contributed by atoms with E-state index < -0.39 is 5.54 Å². The van der Waals surface area contributed by atoms with Gasteiger partial charge in [0.25, 0.3) is 0 Å². The quantitative estimate of drug-likeness (QED) is 0.871. The molecule has 0 saturated carbocycles. The van der Waals surface area contributed by atoms with Crippen LogP contribution in [0.3, 0.4) is 0 Å². The topological polar surface area (TPSA) is 41.1 Å². The number of hydrogen-bond acceptors (Lipinski definition) is 2. The van der Waals surface area contributed by atoms with E-state index in [0.29, 0.717) is 10.7 Å². The van der Waals surface area contributed by atoms with Crippen LogP contribution in [0.4, 0.5) is 5.69 Å². The molecule has 1 rings (SSSR count). The van der Waals surface area contributed by atoms with Crippen molar-refractivity contribution in [1.82, 2.24) is 5.32 Å². The van der Waals surface area contributed by atoms with Crippen LogP contribution in [0.1, 0.15) is 25.0 Å². The Morgan fingerprint density at radius 2 is 1.88 bits per heavy atom. The van der Waals surface area contributed by atoms with Gasteiger partial charge in [-0.25, -0.2) is 0 Å². The van der Waals surface area contributed by atoms with Crippen molar-refractivity contribution in [2.45, 2.75) is 33.2 Å². The Bertz CT molecular complexity index is 418. The molecule has 0 aromatic heterocycles. The Balaban J connectivity index is 3.01. The molecule has 0 radical (unpaired) electrons. The number of aryl methyl sites for hydroxylation is 2. The molecule has 17 heavy (non-hydrogen) atoms. The van der Waals surface area contributed by atoms with Crippen LogP contribution >= 0.6 is 11.6 Å². The van der Waals surface area contributed by atoms with Gasteiger partial charge in [-0.15, -0.1) is 0 Å². The Morgan fingerprint density at radius 3 is 2.35 bits per heavy atom. The smallest absolute Gasteiger partial charge is 0.244 e. The Morgan fingerprint density at radius 1 is 1.29 bits per heavy atom. The Kier molecular flexibility index (Phi) is 4.17. The summed E-state index contributed by atoms with van der Waals surface area (Å²) < 4.78 is 0. The van der Waals surface area contributed by atoms with Gasteiger partial charge in [0.1, 0.15) is 0 Å². The highest BCUT2D eigenvalue weighted by Gasteiger charge is 2.26. The minimum atomic E-state index is -0.624. The number of benzene rings is 1. The van der Waals surface area contributed by atoms with Gasteiger partial charge >= 0.3 is 0 Å². The molecule has 1 aromatic carbocycles. The molecular formula is C13H19ClN2O. The summed E-state index contributed by atoms with van der Waals surface area (Å²) in [6.07, 6.45) is 0. The number of amides is 1. The summed E-state index contributed by atoms with van der Waals surface area (Å²) >= 11 is 6.14. The predicted molar refractivity (Wildman–Crippen MR) is 72.7 cm³/mol. The van der Waals surface area contributed by atoms with E-state index in [1.165, 1.54) is 0 Å². The first kappa shape index (κ1) is 14.0. The van der Waals surface area contributed by atoms with Gasteiger partial charge in [-0.3, -0.25) is 4.79 Å². The maximum atomic E-state index is 12.0. The van der Waals surface area contributed by atoms with Gasteiger partial charge in [-0.1, -0.05) is 17.7 Å². The summed E-state index contributed by atoms with van der Waals surface area (Å²) in [4.78, 5) is 12.0. The first-order valence-corrected chi connectivity index (χ1v) is 5.93. The molecule has 0 saturated heterocycles. The molecule has 4 heteroatoms. The van der Waals surface area contributed by atoms with Gasteiger partial charge in [-0.05, 0) is 51.9 Å². The van der Waals surface area contributed by atoms with Crippen molar-refractivity contribution in [2.24, 2.45) is 0 Å². The average Bonchev–Trinajstić information content (AvgIpc) is 2.22. The molecule has 0 aliphatic rings. The zero-order chi connectivity index (χ0) is 13.2. The van der Waals surface area contributed by atoms with Crippen molar-refractivity contribution in [2.75, 3.05) is 12.4 Å². The van der Waals surface area contributed by atoms with Gasteiger partial charge < -0.3 is 10.6 Å². The maximum absolute atomic E-state index is 12.0. The van der Waals surface area contributed by atoms with Crippen LogP contribution in [0.2, 0.25) is 5.02 Å². The molecule has 0 atom stereocenters.